The van der Waals surface area contributed by atoms with Crippen LogP contribution in [0.3, 0.4) is 0 Å². The van der Waals surface area contributed by atoms with Crippen LogP contribution < -0.4 is 5.32 Å². The molecule has 0 fully saturated rings. The van der Waals surface area contributed by atoms with E-state index >= 15 is 0 Å². The molecule has 2 aromatic rings. The van der Waals surface area contributed by atoms with Crippen molar-refractivity contribution in [1.29, 1.82) is 0 Å². The van der Waals surface area contributed by atoms with Gasteiger partial charge in [-0.1, -0.05) is 19.6 Å². The van der Waals surface area contributed by atoms with Gasteiger partial charge >= 0.3 is 0 Å². The largest absolute Gasteiger partial charge is 0.361 e. The molecular weight excluding hydrogens is 557 g/mol. The molecule has 0 amide bonds. The topological polar surface area (TPSA) is 54.5 Å². The molecule has 0 saturated carbocycles. The van der Waals surface area contributed by atoms with E-state index in [2.05, 4.69) is 61.8 Å². The standard InChI is InChI=1S/C23H26Br2FN3O2Si/c1-32(2,3)13-12-31-16-29-22(18-4-6-19(26)7-5-18)21(17-8-10-27-11-9-17)28-23(29,15-30)14-20(24)25/h4-11,14-15,28H,12-13,16H2,1-3H3. The number of aldehydes is 1. The van der Waals surface area contributed by atoms with E-state index < -0.39 is 13.7 Å². The quantitative estimate of drug-likeness (QED) is 0.230. The van der Waals surface area contributed by atoms with Gasteiger partial charge in [-0.15, -0.1) is 0 Å². The van der Waals surface area contributed by atoms with Crippen LogP contribution in [-0.2, 0) is 9.53 Å². The summed E-state index contributed by atoms with van der Waals surface area (Å²) in [5.41, 5.74) is 1.90. The van der Waals surface area contributed by atoms with E-state index in [-0.39, 0.29) is 12.5 Å². The van der Waals surface area contributed by atoms with Crippen LogP contribution in [0.25, 0.3) is 11.4 Å². The van der Waals surface area contributed by atoms with Crippen LogP contribution in [0.4, 0.5) is 4.39 Å². The number of halogens is 3. The van der Waals surface area contributed by atoms with E-state index in [9.17, 15) is 9.18 Å². The smallest absolute Gasteiger partial charge is 0.191 e. The Kier molecular flexibility index (Phi) is 8.08. The van der Waals surface area contributed by atoms with Gasteiger partial charge < -0.3 is 15.0 Å². The molecule has 0 bridgehead atoms. The molecule has 1 aliphatic heterocycles. The first-order valence-corrected chi connectivity index (χ1v) is 15.5. The molecule has 0 saturated heterocycles. The zero-order chi connectivity index (χ0) is 23.4. The molecule has 1 atom stereocenters. The van der Waals surface area contributed by atoms with Crippen LogP contribution in [0.2, 0.25) is 25.7 Å². The fraction of sp³-hybridized carbons (Fsp3) is 0.304. The van der Waals surface area contributed by atoms with Gasteiger partial charge in [0.15, 0.2) is 11.9 Å². The second kappa shape index (κ2) is 10.4. The first-order valence-electron chi connectivity index (χ1n) is 10.2. The van der Waals surface area contributed by atoms with Crippen molar-refractivity contribution in [3.05, 3.63) is 75.2 Å². The number of carbonyl (C=O) groups excluding carboxylic acids is 1. The van der Waals surface area contributed by atoms with Gasteiger partial charge in [-0.3, -0.25) is 9.78 Å². The van der Waals surface area contributed by atoms with Crippen LogP contribution in [0.15, 0.2) is 58.3 Å². The van der Waals surface area contributed by atoms with E-state index in [4.69, 9.17) is 4.74 Å². The molecule has 1 aromatic carbocycles. The third-order valence-electron chi connectivity index (χ3n) is 5.09. The monoisotopic (exact) mass is 581 g/mol. The number of nitrogens with zero attached hydrogens (tertiary/aromatic N) is 2. The van der Waals surface area contributed by atoms with Gasteiger partial charge in [0, 0.05) is 38.2 Å². The van der Waals surface area contributed by atoms with E-state index in [1.165, 1.54) is 12.1 Å². The maximum absolute atomic E-state index is 13.7. The molecule has 0 radical (unpaired) electrons. The SMILES string of the molecule is C[Si](C)(C)CCOCN1C(c2ccc(F)cc2)=C(c2ccncc2)NC1(C=O)C=C(Br)Br. The highest BCUT2D eigenvalue weighted by molar-refractivity contribution is 9.28. The summed E-state index contributed by atoms with van der Waals surface area (Å²) >= 11 is 6.79. The van der Waals surface area contributed by atoms with Crippen LogP contribution in [0, 0.1) is 5.82 Å². The van der Waals surface area contributed by atoms with Crippen molar-refractivity contribution >= 4 is 57.6 Å². The Morgan fingerprint density at radius 2 is 1.81 bits per heavy atom. The number of carbonyl (C=O) groups is 1. The lowest BCUT2D eigenvalue weighted by Gasteiger charge is -2.35. The number of hydrogen-bond donors (Lipinski definition) is 1. The Hall–Kier alpha value is -1.81. The first kappa shape index (κ1) is 24.8. The summed E-state index contributed by atoms with van der Waals surface area (Å²) in [6.45, 7) is 7.65. The summed E-state index contributed by atoms with van der Waals surface area (Å²) in [4.78, 5) is 18.5. The van der Waals surface area contributed by atoms with Crippen LogP contribution in [0.5, 0.6) is 0 Å². The predicted octanol–water partition coefficient (Wildman–Crippen LogP) is 5.79. The van der Waals surface area contributed by atoms with Crippen molar-refractivity contribution in [3.8, 4) is 0 Å². The van der Waals surface area contributed by atoms with Gasteiger partial charge in [0.2, 0.25) is 0 Å². The Bertz CT molecular complexity index is 1010. The highest BCUT2D eigenvalue weighted by Crippen LogP contribution is 2.40. The molecule has 1 N–H and O–H groups in total. The number of hydrogen-bond acceptors (Lipinski definition) is 5. The Balaban J connectivity index is 2.10. The van der Waals surface area contributed by atoms with E-state index in [1.807, 2.05) is 17.0 Å². The molecule has 2 heterocycles. The average Bonchev–Trinajstić information content (AvgIpc) is 3.05. The van der Waals surface area contributed by atoms with E-state index in [1.54, 1.807) is 30.6 Å². The van der Waals surface area contributed by atoms with Crippen molar-refractivity contribution in [2.24, 2.45) is 0 Å². The lowest BCUT2D eigenvalue weighted by atomic mass is 10.1. The third kappa shape index (κ3) is 5.95. The van der Waals surface area contributed by atoms with Gasteiger partial charge in [-0.05, 0) is 80.4 Å². The van der Waals surface area contributed by atoms with Gasteiger partial charge in [0.05, 0.1) is 14.8 Å². The lowest BCUT2D eigenvalue weighted by molar-refractivity contribution is -0.117. The molecule has 170 valence electrons. The summed E-state index contributed by atoms with van der Waals surface area (Å²) in [6.07, 6.45) is 5.96. The van der Waals surface area contributed by atoms with Crippen molar-refractivity contribution < 1.29 is 13.9 Å². The van der Waals surface area contributed by atoms with E-state index in [0.29, 0.717) is 10.00 Å². The molecule has 1 aliphatic rings. The highest BCUT2D eigenvalue weighted by atomic mass is 79.9. The average molecular weight is 583 g/mol. The minimum Gasteiger partial charge on any atom is -0.361 e. The molecule has 32 heavy (non-hydrogen) atoms. The molecule has 5 nitrogen and oxygen atoms in total. The first-order chi connectivity index (χ1) is 15.1. The van der Waals surface area contributed by atoms with Crippen molar-refractivity contribution in [1.82, 2.24) is 15.2 Å². The van der Waals surface area contributed by atoms with Crippen molar-refractivity contribution in [2.45, 2.75) is 31.3 Å². The number of ether oxygens (including phenoxy) is 1. The highest BCUT2D eigenvalue weighted by Gasteiger charge is 2.45. The number of benzene rings is 1. The fourth-order valence-corrected chi connectivity index (χ4v) is 4.85. The molecule has 0 aliphatic carbocycles. The molecule has 0 spiro atoms. The zero-order valence-corrected chi connectivity index (χ0v) is 22.4. The maximum Gasteiger partial charge on any atom is 0.191 e. The number of aromatic nitrogens is 1. The van der Waals surface area contributed by atoms with Gasteiger partial charge in [-0.25, -0.2) is 4.39 Å². The number of rotatable bonds is 9. The second-order valence-corrected chi connectivity index (χ2v) is 17.1. The Morgan fingerprint density at radius 3 is 2.38 bits per heavy atom. The minimum atomic E-state index is -1.27. The van der Waals surface area contributed by atoms with Crippen LogP contribution in [0.1, 0.15) is 11.1 Å². The molecule has 1 aromatic heterocycles. The molecule has 9 heteroatoms. The lowest BCUT2D eigenvalue weighted by Crippen LogP contribution is -2.53. The second-order valence-electron chi connectivity index (χ2n) is 8.74. The normalized spacial score (nSPS) is 18.5. The van der Waals surface area contributed by atoms with Crippen molar-refractivity contribution in [3.63, 3.8) is 0 Å². The number of nitrogens with one attached hydrogen (secondary N) is 1. The molecule has 1 unspecified atom stereocenters. The van der Waals surface area contributed by atoms with Crippen LogP contribution >= 0.6 is 31.9 Å². The summed E-state index contributed by atoms with van der Waals surface area (Å²) in [5, 5.41) is 3.38. The van der Waals surface area contributed by atoms with Crippen LogP contribution in [-0.4, -0.2) is 43.2 Å². The molecular formula is C23H26Br2FN3O2Si. The Morgan fingerprint density at radius 1 is 1.16 bits per heavy atom. The molecule has 3 rings (SSSR count). The minimum absolute atomic E-state index is 0.182. The van der Waals surface area contributed by atoms with Gasteiger partial charge in [0.1, 0.15) is 12.5 Å². The fourth-order valence-electron chi connectivity index (χ4n) is 3.40. The summed E-state index contributed by atoms with van der Waals surface area (Å²) < 4.78 is 20.4. The third-order valence-corrected chi connectivity index (χ3v) is 7.25. The number of pyridine rings is 1. The van der Waals surface area contributed by atoms with E-state index in [0.717, 1.165) is 34.9 Å². The maximum atomic E-state index is 13.7. The predicted molar refractivity (Wildman–Crippen MR) is 136 cm³/mol. The van der Waals surface area contributed by atoms with Crippen molar-refractivity contribution in [2.75, 3.05) is 13.3 Å². The summed E-state index contributed by atoms with van der Waals surface area (Å²) in [6, 6.07) is 11.0. The Labute approximate surface area is 206 Å². The van der Waals surface area contributed by atoms with Gasteiger partial charge in [-0.2, -0.15) is 0 Å². The zero-order valence-electron chi connectivity index (χ0n) is 18.2. The summed E-state index contributed by atoms with van der Waals surface area (Å²) in [7, 11) is -1.27. The van der Waals surface area contributed by atoms with Gasteiger partial charge in [0.25, 0.3) is 0 Å². The summed E-state index contributed by atoms with van der Waals surface area (Å²) in [5.74, 6) is -0.326.